The van der Waals surface area contributed by atoms with Crippen molar-refractivity contribution in [2.75, 3.05) is 14.2 Å². The summed E-state index contributed by atoms with van der Waals surface area (Å²) >= 11 is 6.10. The summed E-state index contributed by atoms with van der Waals surface area (Å²) in [4.78, 5) is 12.1. The molecule has 0 radical (unpaired) electrons. The number of hydrogen-bond donors (Lipinski definition) is 1. The van der Waals surface area contributed by atoms with E-state index in [4.69, 9.17) is 21.1 Å². The summed E-state index contributed by atoms with van der Waals surface area (Å²) in [5.74, 6) is 0.205. The molecule has 0 atom stereocenters. The minimum atomic E-state index is -0.847. The van der Waals surface area contributed by atoms with Gasteiger partial charge in [0.25, 0.3) is 0 Å². The van der Waals surface area contributed by atoms with E-state index in [0.717, 1.165) is 5.56 Å². The third-order valence-electron chi connectivity index (χ3n) is 3.65. The summed E-state index contributed by atoms with van der Waals surface area (Å²) in [7, 11) is 2.88. The molecule has 0 spiro atoms. The van der Waals surface area contributed by atoms with E-state index in [1.54, 1.807) is 25.1 Å². The highest BCUT2D eigenvalue weighted by Gasteiger charge is 2.58. The number of esters is 1. The third kappa shape index (κ3) is 2.30. The van der Waals surface area contributed by atoms with E-state index in [0.29, 0.717) is 23.6 Å². The van der Waals surface area contributed by atoms with E-state index in [1.165, 1.54) is 14.2 Å². The molecule has 2 rings (SSSR count). The molecule has 1 N–H and O–H groups in total. The van der Waals surface area contributed by atoms with Crippen molar-refractivity contribution < 1.29 is 19.4 Å². The molecule has 104 valence electrons. The molecular formula is C14H17ClO4. The van der Waals surface area contributed by atoms with Crippen molar-refractivity contribution in [1.29, 1.82) is 0 Å². The summed E-state index contributed by atoms with van der Waals surface area (Å²) in [5.41, 5.74) is -0.911. The third-order valence-corrected chi connectivity index (χ3v) is 3.94. The van der Waals surface area contributed by atoms with Gasteiger partial charge in [-0.1, -0.05) is 17.7 Å². The van der Waals surface area contributed by atoms with Gasteiger partial charge < -0.3 is 14.6 Å². The summed E-state index contributed by atoms with van der Waals surface area (Å²) in [6, 6.07) is 5.21. The predicted molar refractivity (Wildman–Crippen MR) is 71.6 cm³/mol. The molecule has 4 nitrogen and oxygen atoms in total. The lowest BCUT2D eigenvalue weighted by Gasteiger charge is -2.49. The molecule has 1 saturated carbocycles. The second-order valence-corrected chi connectivity index (χ2v) is 5.68. The van der Waals surface area contributed by atoms with Gasteiger partial charge in [-0.2, -0.15) is 0 Å². The predicted octanol–water partition coefficient (Wildman–Crippen LogP) is 2.30. The number of hydrogen-bond acceptors (Lipinski definition) is 4. The van der Waals surface area contributed by atoms with Crippen LogP contribution in [-0.2, 0) is 14.9 Å². The van der Waals surface area contributed by atoms with Crippen LogP contribution < -0.4 is 4.74 Å². The first-order valence-electron chi connectivity index (χ1n) is 5.99. The van der Waals surface area contributed by atoms with E-state index in [1.807, 2.05) is 0 Å². The SMILES string of the molecule is COC(=O)C1(c2ccc(OC)c(Cl)c2)CC(C)(O)C1. The number of carbonyl (C=O) groups excluding carboxylic acids is 1. The van der Waals surface area contributed by atoms with Gasteiger partial charge in [0.15, 0.2) is 0 Å². The lowest BCUT2D eigenvalue weighted by Crippen LogP contribution is -2.57. The number of carbonyl (C=O) groups is 1. The van der Waals surface area contributed by atoms with Crippen molar-refractivity contribution in [3.63, 3.8) is 0 Å². The van der Waals surface area contributed by atoms with Crippen LogP contribution in [0.5, 0.6) is 5.75 Å². The average Bonchev–Trinajstić information content (AvgIpc) is 2.34. The van der Waals surface area contributed by atoms with Crippen LogP contribution in [0.2, 0.25) is 5.02 Å². The van der Waals surface area contributed by atoms with Gasteiger partial charge in [0, 0.05) is 0 Å². The van der Waals surface area contributed by atoms with Crippen molar-refractivity contribution in [3.05, 3.63) is 28.8 Å². The number of benzene rings is 1. The van der Waals surface area contributed by atoms with Crippen LogP contribution in [0.1, 0.15) is 25.3 Å². The molecule has 1 fully saturated rings. The van der Waals surface area contributed by atoms with Crippen LogP contribution in [0.4, 0.5) is 0 Å². The quantitative estimate of drug-likeness (QED) is 0.866. The molecule has 19 heavy (non-hydrogen) atoms. The maximum absolute atomic E-state index is 12.1. The minimum absolute atomic E-state index is 0.329. The number of ether oxygens (including phenoxy) is 2. The monoisotopic (exact) mass is 284 g/mol. The molecule has 0 aromatic heterocycles. The molecule has 0 heterocycles. The molecule has 1 aromatic rings. The summed E-state index contributed by atoms with van der Waals surface area (Å²) in [5, 5.41) is 10.4. The molecule has 1 aliphatic carbocycles. The number of rotatable bonds is 3. The van der Waals surface area contributed by atoms with Crippen molar-refractivity contribution in [2.45, 2.75) is 30.8 Å². The molecule has 5 heteroatoms. The van der Waals surface area contributed by atoms with Crippen LogP contribution >= 0.6 is 11.6 Å². The number of aliphatic hydroxyl groups is 1. The maximum atomic E-state index is 12.1. The largest absolute Gasteiger partial charge is 0.495 e. The topological polar surface area (TPSA) is 55.8 Å². The highest BCUT2D eigenvalue weighted by molar-refractivity contribution is 6.32. The van der Waals surface area contributed by atoms with Gasteiger partial charge in [-0.15, -0.1) is 0 Å². The first kappa shape index (κ1) is 14.2. The molecule has 1 aromatic carbocycles. The van der Waals surface area contributed by atoms with Crippen molar-refractivity contribution in [1.82, 2.24) is 0 Å². The van der Waals surface area contributed by atoms with E-state index in [-0.39, 0.29) is 5.97 Å². The Morgan fingerprint density at radius 3 is 2.42 bits per heavy atom. The Morgan fingerprint density at radius 1 is 1.37 bits per heavy atom. The number of halogens is 1. The van der Waals surface area contributed by atoms with Gasteiger partial charge in [-0.25, -0.2) is 0 Å². The first-order valence-corrected chi connectivity index (χ1v) is 6.37. The Kier molecular flexibility index (Phi) is 3.49. The molecule has 0 unspecified atom stereocenters. The molecule has 1 aliphatic rings. The maximum Gasteiger partial charge on any atom is 0.316 e. The van der Waals surface area contributed by atoms with Crippen LogP contribution in [0.3, 0.4) is 0 Å². The molecular weight excluding hydrogens is 268 g/mol. The Morgan fingerprint density at radius 2 is 2.00 bits per heavy atom. The zero-order chi connectivity index (χ0) is 14.3. The van der Waals surface area contributed by atoms with Gasteiger partial charge >= 0.3 is 5.97 Å². The van der Waals surface area contributed by atoms with Gasteiger partial charge in [0.2, 0.25) is 0 Å². The van der Waals surface area contributed by atoms with Gasteiger partial charge in [-0.05, 0) is 37.5 Å². The molecule has 0 saturated heterocycles. The van der Waals surface area contributed by atoms with Crippen LogP contribution in [0.25, 0.3) is 0 Å². The fraction of sp³-hybridized carbons (Fsp3) is 0.500. The smallest absolute Gasteiger partial charge is 0.316 e. The van der Waals surface area contributed by atoms with Crippen molar-refractivity contribution in [3.8, 4) is 5.75 Å². The fourth-order valence-electron chi connectivity index (χ4n) is 2.87. The Hall–Kier alpha value is -1.26. The lowest BCUT2D eigenvalue weighted by atomic mass is 9.56. The fourth-order valence-corrected chi connectivity index (χ4v) is 3.13. The standard InChI is InChI=1S/C14H17ClO4/c1-13(17)7-14(8-13,12(16)19-3)9-4-5-11(18-2)10(15)6-9/h4-6,17H,7-8H2,1-3H3. The van der Waals surface area contributed by atoms with Crippen LogP contribution in [0.15, 0.2) is 18.2 Å². The number of methoxy groups -OCH3 is 2. The molecule has 0 aliphatic heterocycles. The van der Waals surface area contributed by atoms with E-state index in [2.05, 4.69) is 0 Å². The van der Waals surface area contributed by atoms with Crippen LogP contribution in [-0.4, -0.2) is 30.9 Å². The summed E-state index contributed by atoms with van der Waals surface area (Å²) in [6.07, 6.45) is 0.657. The van der Waals surface area contributed by atoms with Crippen molar-refractivity contribution in [2.24, 2.45) is 0 Å². The lowest BCUT2D eigenvalue weighted by molar-refractivity contribution is -0.165. The average molecular weight is 285 g/mol. The Labute approximate surface area is 117 Å². The Bertz CT molecular complexity index is 502. The minimum Gasteiger partial charge on any atom is -0.495 e. The van der Waals surface area contributed by atoms with Gasteiger partial charge in [0.05, 0.1) is 30.3 Å². The zero-order valence-corrected chi connectivity index (χ0v) is 12.0. The summed E-state index contributed by atoms with van der Waals surface area (Å²) < 4.78 is 9.97. The normalized spacial score (nSPS) is 29.5. The van der Waals surface area contributed by atoms with Crippen molar-refractivity contribution >= 4 is 17.6 Å². The second-order valence-electron chi connectivity index (χ2n) is 5.27. The zero-order valence-electron chi connectivity index (χ0n) is 11.2. The molecule has 0 amide bonds. The Balaban J connectivity index is 2.41. The van der Waals surface area contributed by atoms with Gasteiger partial charge in [0.1, 0.15) is 5.75 Å². The van der Waals surface area contributed by atoms with Crippen LogP contribution in [0, 0.1) is 0 Å². The highest BCUT2D eigenvalue weighted by Crippen LogP contribution is 2.51. The second kappa shape index (κ2) is 4.69. The van der Waals surface area contributed by atoms with Gasteiger partial charge in [-0.3, -0.25) is 4.79 Å². The van der Waals surface area contributed by atoms with E-state index < -0.39 is 11.0 Å². The summed E-state index contributed by atoms with van der Waals surface area (Å²) in [6.45, 7) is 1.71. The van der Waals surface area contributed by atoms with E-state index in [9.17, 15) is 9.90 Å². The molecule has 0 bridgehead atoms. The first-order chi connectivity index (χ1) is 8.84. The van der Waals surface area contributed by atoms with E-state index >= 15 is 0 Å². The highest BCUT2D eigenvalue weighted by atomic mass is 35.5.